The Kier molecular flexibility index (Phi) is 8.58. The number of aliphatic imine (C=N–C) groups is 2. The summed E-state index contributed by atoms with van der Waals surface area (Å²) < 4.78 is 96.0. The number of carbonyl (C=O) groups excluding carboxylic acids is 1. The molecular formula is C25H24F5N5O3S. The number of amidine groups is 1. The van der Waals surface area contributed by atoms with Crippen LogP contribution in [0.2, 0.25) is 0 Å². The lowest BCUT2D eigenvalue weighted by Crippen LogP contribution is -2.29. The van der Waals surface area contributed by atoms with Gasteiger partial charge in [0.2, 0.25) is 5.78 Å². The third kappa shape index (κ3) is 6.33. The topological polar surface area (TPSA) is 116 Å². The van der Waals surface area contributed by atoms with Crippen LogP contribution in [0.25, 0.3) is 0 Å². The fourth-order valence-corrected chi connectivity index (χ4v) is 4.60. The molecule has 0 atom stereocenters. The van der Waals surface area contributed by atoms with Gasteiger partial charge in [0.15, 0.2) is 5.82 Å². The van der Waals surface area contributed by atoms with Gasteiger partial charge in [-0.25, -0.2) is 22.2 Å². The smallest absolute Gasteiger partial charge is 0.369 e. The lowest BCUT2D eigenvalue weighted by atomic mass is 9.99. The molecule has 0 bridgehead atoms. The number of ketones is 1. The monoisotopic (exact) mass is 569 g/mol. The lowest BCUT2D eigenvalue weighted by molar-refractivity contribution is -0.137. The summed E-state index contributed by atoms with van der Waals surface area (Å²) in [7, 11) is -3.17. The van der Waals surface area contributed by atoms with Crippen molar-refractivity contribution in [2.24, 2.45) is 15.9 Å². The molecule has 0 spiro atoms. The summed E-state index contributed by atoms with van der Waals surface area (Å²) in [5.41, 5.74) is -3.06. The summed E-state index contributed by atoms with van der Waals surface area (Å²) in [6, 6.07) is 3.90. The van der Waals surface area contributed by atoms with Crippen LogP contribution in [-0.4, -0.2) is 45.3 Å². The third-order valence-corrected chi connectivity index (χ3v) is 6.84. The van der Waals surface area contributed by atoms with E-state index in [1.165, 1.54) is 13.2 Å². The number of hydrogen-bond donors (Lipinski definition) is 3. The highest BCUT2D eigenvalue weighted by Crippen LogP contribution is 2.32. The molecule has 0 unspecified atom stereocenters. The van der Waals surface area contributed by atoms with E-state index in [1.54, 1.807) is 0 Å². The van der Waals surface area contributed by atoms with Crippen molar-refractivity contribution in [3.8, 4) is 0 Å². The molecule has 1 aromatic heterocycles. The van der Waals surface area contributed by atoms with E-state index in [-0.39, 0.29) is 28.7 Å². The van der Waals surface area contributed by atoms with Crippen LogP contribution in [-0.2, 0) is 16.2 Å². The second-order valence-corrected chi connectivity index (χ2v) is 10.4. The fraction of sp³-hybridized carbons (Fsp3) is 0.240. The van der Waals surface area contributed by atoms with Crippen LogP contribution >= 0.6 is 0 Å². The van der Waals surface area contributed by atoms with Crippen LogP contribution in [0.1, 0.15) is 40.9 Å². The predicted octanol–water partition coefficient (Wildman–Crippen LogP) is 5.30. The van der Waals surface area contributed by atoms with Crippen molar-refractivity contribution in [1.82, 2.24) is 10.3 Å². The number of H-pyrrole nitrogens is 1. The standard InChI is InChI=1S/C25H24F5N5O3S/c1-13(2)11-33-23(31-3)19-16(12-34-24(19)32-4)22(36)20-17(26)9-10-18(21(20)27)35-39(37,38)15-7-5-14(6-8-15)25(28,29)30/h5-10,12-13,34-35H,4,11H2,1-3H3,(H,31,33). The van der Waals surface area contributed by atoms with E-state index < -0.39 is 55.3 Å². The van der Waals surface area contributed by atoms with Gasteiger partial charge in [-0.2, -0.15) is 13.2 Å². The molecule has 8 nitrogen and oxygen atoms in total. The zero-order chi connectivity index (χ0) is 29.1. The number of nitrogens with one attached hydrogen (secondary N) is 3. The Hall–Kier alpha value is -4.07. The average molecular weight is 570 g/mol. The molecule has 39 heavy (non-hydrogen) atoms. The first-order valence-electron chi connectivity index (χ1n) is 11.3. The van der Waals surface area contributed by atoms with Gasteiger partial charge in [0.25, 0.3) is 10.0 Å². The van der Waals surface area contributed by atoms with E-state index in [9.17, 15) is 30.8 Å². The number of hydrogen-bond acceptors (Lipinski definition) is 5. The average Bonchev–Trinajstić information content (AvgIpc) is 3.29. The molecule has 0 aliphatic rings. The van der Waals surface area contributed by atoms with Gasteiger partial charge in [-0.05, 0) is 49.0 Å². The molecule has 14 heteroatoms. The predicted molar refractivity (Wildman–Crippen MR) is 137 cm³/mol. The molecule has 0 amide bonds. The first kappa shape index (κ1) is 29.5. The molecule has 0 aliphatic carbocycles. The first-order valence-corrected chi connectivity index (χ1v) is 12.8. The van der Waals surface area contributed by atoms with Crippen molar-refractivity contribution < 1.29 is 35.2 Å². The van der Waals surface area contributed by atoms with Crippen molar-refractivity contribution in [3.63, 3.8) is 0 Å². The fourth-order valence-electron chi connectivity index (χ4n) is 3.54. The van der Waals surface area contributed by atoms with Gasteiger partial charge in [0.1, 0.15) is 17.5 Å². The quantitative estimate of drug-likeness (QED) is 0.140. The second-order valence-electron chi connectivity index (χ2n) is 8.67. The molecule has 0 saturated heterocycles. The number of rotatable bonds is 9. The molecule has 0 fully saturated rings. The van der Waals surface area contributed by atoms with Gasteiger partial charge in [-0.3, -0.25) is 14.5 Å². The Labute approximate surface area is 221 Å². The number of aromatic amines is 1. The summed E-state index contributed by atoms with van der Waals surface area (Å²) in [5.74, 6) is -3.45. The maximum absolute atomic E-state index is 15.5. The summed E-state index contributed by atoms with van der Waals surface area (Å²) >= 11 is 0. The van der Waals surface area contributed by atoms with E-state index in [1.807, 2.05) is 18.6 Å². The second kappa shape index (κ2) is 11.4. The maximum atomic E-state index is 15.5. The summed E-state index contributed by atoms with van der Waals surface area (Å²) in [6.45, 7) is 7.73. The molecule has 3 rings (SSSR count). The van der Waals surface area contributed by atoms with Crippen LogP contribution < -0.4 is 10.0 Å². The van der Waals surface area contributed by atoms with Crippen molar-refractivity contribution in [3.05, 3.63) is 76.5 Å². The molecule has 208 valence electrons. The molecule has 0 radical (unpaired) electrons. The number of carbonyl (C=O) groups is 1. The number of benzene rings is 2. The van der Waals surface area contributed by atoms with Crippen LogP contribution in [0.4, 0.5) is 33.5 Å². The van der Waals surface area contributed by atoms with Gasteiger partial charge in [-0.15, -0.1) is 0 Å². The zero-order valence-corrected chi connectivity index (χ0v) is 21.8. The van der Waals surface area contributed by atoms with E-state index in [4.69, 9.17) is 0 Å². The lowest BCUT2D eigenvalue weighted by Gasteiger charge is -2.14. The molecule has 3 N–H and O–H groups in total. The van der Waals surface area contributed by atoms with E-state index in [0.29, 0.717) is 36.9 Å². The van der Waals surface area contributed by atoms with Gasteiger partial charge in [-0.1, -0.05) is 13.8 Å². The highest BCUT2D eigenvalue weighted by molar-refractivity contribution is 7.92. The maximum Gasteiger partial charge on any atom is 0.416 e. The minimum Gasteiger partial charge on any atom is -0.369 e. The van der Waals surface area contributed by atoms with Crippen molar-refractivity contribution >= 4 is 39.9 Å². The zero-order valence-electron chi connectivity index (χ0n) is 21.0. The van der Waals surface area contributed by atoms with E-state index >= 15 is 4.39 Å². The molecular weight excluding hydrogens is 545 g/mol. The van der Waals surface area contributed by atoms with Gasteiger partial charge >= 0.3 is 6.18 Å². The highest BCUT2D eigenvalue weighted by Gasteiger charge is 2.32. The Bertz CT molecular complexity index is 1530. The van der Waals surface area contributed by atoms with Gasteiger partial charge in [0.05, 0.1) is 32.8 Å². The number of anilines is 1. The van der Waals surface area contributed by atoms with Crippen molar-refractivity contribution in [1.29, 1.82) is 0 Å². The van der Waals surface area contributed by atoms with E-state index in [2.05, 4.69) is 27.0 Å². The van der Waals surface area contributed by atoms with Crippen molar-refractivity contribution in [2.45, 2.75) is 24.9 Å². The Balaban J connectivity index is 2.03. The molecule has 1 heterocycles. The number of sulfonamides is 1. The Morgan fingerprint density at radius 3 is 2.26 bits per heavy atom. The number of alkyl halides is 3. The first-order chi connectivity index (χ1) is 18.2. The largest absolute Gasteiger partial charge is 0.416 e. The van der Waals surface area contributed by atoms with Gasteiger partial charge < -0.3 is 10.3 Å². The molecule has 0 saturated carbocycles. The van der Waals surface area contributed by atoms with E-state index in [0.717, 1.165) is 6.07 Å². The summed E-state index contributed by atoms with van der Waals surface area (Å²) in [4.78, 5) is 23.4. The van der Waals surface area contributed by atoms with Crippen LogP contribution in [0.5, 0.6) is 0 Å². The number of aromatic nitrogens is 1. The minimum atomic E-state index is -4.70. The molecule has 0 aliphatic heterocycles. The summed E-state index contributed by atoms with van der Waals surface area (Å²) in [5, 5.41) is 3.04. The Morgan fingerprint density at radius 2 is 1.72 bits per heavy atom. The highest BCUT2D eigenvalue weighted by atomic mass is 32.2. The normalized spacial score (nSPS) is 12.5. The van der Waals surface area contributed by atoms with Gasteiger partial charge in [0, 0.05) is 19.8 Å². The molecule has 2 aromatic carbocycles. The molecule has 3 aromatic rings. The van der Waals surface area contributed by atoms with Crippen LogP contribution in [0, 0.1) is 17.6 Å². The number of halogens is 5. The third-order valence-electron chi connectivity index (χ3n) is 5.45. The van der Waals surface area contributed by atoms with Crippen molar-refractivity contribution in [2.75, 3.05) is 18.3 Å². The minimum absolute atomic E-state index is 0.104. The number of nitrogens with zero attached hydrogens (tertiary/aromatic N) is 2. The Morgan fingerprint density at radius 1 is 1.08 bits per heavy atom. The van der Waals surface area contributed by atoms with Crippen LogP contribution in [0.15, 0.2) is 57.5 Å². The summed E-state index contributed by atoms with van der Waals surface area (Å²) in [6.07, 6.45) is -3.53. The van der Waals surface area contributed by atoms with Crippen LogP contribution in [0.3, 0.4) is 0 Å². The SMILES string of the molecule is C=Nc1[nH]cc(C(=O)c2c(F)ccc(NS(=O)(=O)c3ccc(C(F)(F)F)cc3)c2F)c1C(=NC)NCC(C)C.